The fourth-order valence-electron chi connectivity index (χ4n) is 2.67. The van der Waals surface area contributed by atoms with Crippen molar-refractivity contribution in [3.63, 3.8) is 0 Å². The minimum absolute atomic E-state index is 0.0705. The molecule has 3 aromatic rings. The van der Waals surface area contributed by atoms with Gasteiger partial charge in [0.05, 0.1) is 5.69 Å². The molecule has 0 aliphatic rings. The number of H-pyrrole nitrogens is 1. The SMILES string of the molecule is CC(C)(C)C(=O)c1ccc(-c2ccc(NC(=O)c3ccc(N)cc3)cc2)[nH]1. The van der Waals surface area contributed by atoms with Crippen LogP contribution in [0.15, 0.2) is 60.7 Å². The van der Waals surface area contributed by atoms with Crippen LogP contribution in [-0.2, 0) is 0 Å². The number of hydrogen-bond acceptors (Lipinski definition) is 3. The molecule has 3 rings (SSSR count). The van der Waals surface area contributed by atoms with Crippen molar-refractivity contribution in [3.8, 4) is 11.3 Å². The average Bonchev–Trinajstić information content (AvgIpc) is 3.11. The molecule has 4 N–H and O–H groups in total. The zero-order valence-corrected chi connectivity index (χ0v) is 15.7. The molecule has 1 amide bonds. The van der Waals surface area contributed by atoms with Gasteiger partial charge in [0.15, 0.2) is 5.78 Å². The first kappa shape index (κ1) is 18.5. The van der Waals surface area contributed by atoms with Gasteiger partial charge in [0.2, 0.25) is 0 Å². The van der Waals surface area contributed by atoms with Crippen molar-refractivity contribution in [1.29, 1.82) is 0 Å². The maximum absolute atomic E-state index is 12.4. The Bertz CT molecular complexity index is 962. The average molecular weight is 361 g/mol. The maximum Gasteiger partial charge on any atom is 0.255 e. The van der Waals surface area contributed by atoms with E-state index in [0.29, 0.717) is 22.6 Å². The molecule has 0 bridgehead atoms. The number of hydrogen-bond donors (Lipinski definition) is 3. The molecule has 138 valence electrons. The molecule has 0 radical (unpaired) electrons. The van der Waals surface area contributed by atoms with Crippen LogP contribution in [0.4, 0.5) is 11.4 Å². The van der Waals surface area contributed by atoms with E-state index >= 15 is 0 Å². The van der Waals surface area contributed by atoms with Crippen molar-refractivity contribution in [2.75, 3.05) is 11.1 Å². The molecule has 2 aromatic carbocycles. The Labute approximate surface area is 158 Å². The molecule has 0 aliphatic heterocycles. The number of carbonyl (C=O) groups is 2. The molecular weight excluding hydrogens is 338 g/mol. The van der Waals surface area contributed by atoms with Crippen molar-refractivity contribution in [2.45, 2.75) is 20.8 Å². The first-order chi connectivity index (χ1) is 12.7. The van der Waals surface area contributed by atoms with E-state index in [1.165, 1.54) is 0 Å². The summed E-state index contributed by atoms with van der Waals surface area (Å²) in [7, 11) is 0. The highest BCUT2D eigenvalue weighted by molar-refractivity contribution is 6.04. The van der Waals surface area contributed by atoms with Crippen LogP contribution in [0.2, 0.25) is 0 Å². The lowest BCUT2D eigenvalue weighted by Gasteiger charge is -2.15. The quantitative estimate of drug-likeness (QED) is 0.463. The number of ketones is 1. The smallest absolute Gasteiger partial charge is 0.255 e. The monoisotopic (exact) mass is 361 g/mol. The first-order valence-electron chi connectivity index (χ1n) is 8.75. The predicted octanol–water partition coefficient (Wildman–Crippen LogP) is 4.75. The fourth-order valence-corrected chi connectivity index (χ4v) is 2.67. The Kier molecular flexibility index (Phi) is 4.86. The summed E-state index contributed by atoms with van der Waals surface area (Å²) in [5.41, 5.74) is 9.46. The number of nitrogen functional groups attached to an aromatic ring is 1. The number of benzene rings is 2. The first-order valence-corrected chi connectivity index (χ1v) is 8.75. The maximum atomic E-state index is 12.4. The van der Waals surface area contributed by atoms with E-state index in [1.807, 2.05) is 51.1 Å². The van der Waals surface area contributed by atoms with Gasteiger partial charge in [-0.1, -0.05) is 32.9 Å². The molecule has 1 aromatic heterocycles. The predicted molar refractivity (Wildman–Crippen MR) is 109 cm³/mol. The molecule has 1 heterocycles. The second kappa shape index (κ2) is 7.11. The van der Waals surface area contributed by atoms with Crippen molar-refractivity contribution in [2.24, 2.45) is 5.41 Å². The minimum Gasteiger partial charge on any atom is -0.399 e. The number of aromatic nitrogens is 1. The third kappa shape index (κ3) is 4.26. The largest absolute Gasteiger partial charge is 0.399 e. The third-order valence-electron chi connectivity index (χ3n) is 4.24. The van der Waals surface area contributed by atoms with Crippen LogP contribution in [-0.4, -0.2) is 16.7 Å². The van der Waals surface area contributed by atoms with Gasteiger partial charge in [0.25, 0.3) is 5.91 Å². The standard InChI is InChI=1S/C22H23N3O2/c1-22(2,3)20(26)19-13-12-18(25-19)14-6-10-17(11-7-14)24-21(27)15-4-8-16(23)9-5-15/h4-13,25H,23H2,1-3H3,(H,24,27). The number of carbonyl (C=O) groups excluding carboxylic acids is 2. The van der Waals surface area contributed by atoms with Crippen LogP contribution in [0.25, 0.3) is 11.3 Å². The van der Waals surface area contributed by atoms with E-state index in [0.717, 1.165) is 11.3 Å². The van der Waals surface area contributed by atoms with E-state index in [2.05, 4.69) is 10.3 Å². The Morgan fingerprint density at radius 3 is 2.11 bits per heavy atom. The summed E-state index contributed by atoms with van der Waals surface area (Å²) in [6.07, 6.45) is 0. The van der Waals surface area contributed by atoms with E-state index in [4.69, 9.17) is 5.73 Å². The summed E-state index contributed by atoms with van der Waals surface area (Å²) < 4.78 is 0. The van der Waals surface area contributed by atoms with E-state index < -0.39 is 5.41 Å². The van der Waals surface area contributed by atoms with Gasteiger partial charge in [0.1, 0.15) is 0 Å². The molecule has 0 spiro atoms. The molecule has 0 unspecified atom stereocenters. The Hall–Kier alpha value is -3.34. The number of rotatable bonds is 4. The molecule has 0 saturated heterocycles. The lowest BCUT2D eigenvalue weighted by Crippen LogP contribution is -2.20. The van der Waals surface area contributed by atoms with Crippen LogP contribution in [0.1, 0.15) is 41.6 Å². The van der Waals surface area contributed by atoms with Gasteiger partial charge in [0, 0.05) is 28.0 Å². The summed E-state index contributed by atoms with van der Waals surface area (Å²) in [4.78, 5) is 27.8. The van der Waals surface area contributed by atoms with Crippen LogP contribution in [0, 0.1) is 5.41 Å². The van der Waals surface area contributed by atoms with Gasteiger partial charge in [-0.25, -0.2) is 0 Å². The van der Waals surface area contributed by atoms with Gasteiger partial charge in [-0.3, -0.25) is 9.59 Å². The topological polar surface area (TPSA) is 88.0 Å². The van der Waals surface area contributed by atoms with Crippen LogP contribution in [0.5, 0.6) is 0 Å². The van der Waals surface area contributed by atoms with Gasteiger partial charge in [-0.15, -0.1) is 0 Å². The van der Waals surface area contributed by atoms with Gasteiger partial charge >= 0.3 is 0 Å². The number of Topliss-reactive ketones (excluding diaryl/α,β-unsaturated/α-hetero) is 1. The third-order valence-corrected chi connectivity index (χ3v) is 4.24. The van der Waals surface area contributed by atoms with Gasteiger partial charge in [-0.2, -0.15) is 0 Å². The van der Waals surface area contributed by atoms with Gasteiger partial charge < -0.3 is 16.0 Å². The summed E-state index contributed by atoms with van der Waals surface area (Å²) in [6, 6.07) is 17.9. The number of nitrogens with two attached hydrogens (primary N) is 1. The van der Waals surface area contributed by atoms with Crippen LogP contribution in [0.3, 0.4) is 0 Å². The van der Waals surface area contributed by atoms with Crippen molar-refractivity contribution < 1.29 is 9.59 Å². The second-order valence-electron chi connectivity index (χ2n) is 7.52. The molecule has 0 saturated carbocycles. The normalized spacial score (nSPS) is 11.2. The van der Waals surface area contributed by atoms with Crippen LogP contribution >= 0.6 is 0 Å². The highest BCUT2D eigenvalue weighted by Crippen LogP contribution is 2.25. The lowest BCUT2D eigenvalue weighted by molar-refractivity contribution is 0.0853. The minimum atomic E-state index is -0.432. The van der Waals surface area contributed by atoms with E-state index in [1.54, 1.807) is 30.3 Å². The van der Waals surface area contributed by atoms with E-state index in [9.17, 15) is 9.59 Å². The van der Waals surface area contributed by atoms with Crippen molar-refractivity contribution in [1.82, 2.24) is 4.98 Å². The molecule has 0 fully saturated rings. The second-order valence-corrected chi connectivity index (χ2v) is 7.52. The number of aromatic amines is 1. The zero-order valence-electron chi connectivity index (χ0n) is 15.7. The summed E-state index contributed by atoms with van der Waals surface area (Å²) in [5.74, 6) is -0.123. The summed E-state index contributed by atoms with van der Waals surface area (Å²) in [6.45, 7) is 5.69. The molecule has 0 aliphatic carbocycles. The molecule has 5 nitrogen and oxygen atoms in total. The zero-order chi connectivity index (χ0) is 19.6. The molecule has 27 heavy (non-hydrogen) atoms. The van der Waals surface area contributed by atoms with Crippen LogP contribution < -0.4 is 11.1 Å². The van der Waals surface area contributed by atoms with Crippen molar-refractivity contribution in [3.05, 3.63) is 71.9 Å². The number of nitrogens with one attached hydrogen (secondary N) is 2. The Morgan fingerprint density at radius 1 is 0.889 bits per heavy atom. The highest BCUT2D eigenvalue weighted by atomic mass is 16.1. The summed E-state index contributed by atoms with van der Waals surface area (Å²) >= 11 is 0. The highest BCUT2D eigenvalue weighted by Gasteiger charge is 2.24. The Morgan fingerprint density at radius 2 is 1.52 bits per heavy atom. The fraction of sp³-hybridized carbons (Fsp3) is 0.182. The molecule has 5 heteroatoms. The molecule has 0 atom stereocenters. The number of amides is 1. The molecular formula is C22H23N3O2. The van der Waals surface area contributed by atoms with Crippen molar-refractivity contribution >= 4 is 23.1 Å². The number of anilines is 2. The lowest BCUT2D eigenvalue weighted by atomic mass is 9.89. The summed E-state index contributed by atoms with van der Waals surface area (Å²) in [5, 5.41) is 2.86. The van der Waals surface area contributed by atoms with Gasteiger partial charge in [-0.05, 0) is 54.1 Å². The van der Waals surface area contributed by atoms with E-state index in [-0.39, 0.29) is 11.7 Å². The Balaban J connectivity index is 1.72.